The number of aromatic hydroxyl groups is 1. The zero-order chi connectivity index (χ0) is 22.8. The normalized spacial score (nSPS) is 20.4. The Morgan fingerprint density at radius 3 is 2.75 bits per heavy atom. The summed E-state index contributed by atoms with van der Waals surface area (Å²) in [7, 11) is 0. The molecule has 11 heteroatoms. The van der Waals surface area contributed by atoms with Crippen LogP contribution in [0, 0.1) is 5.82 Å². The Labute approximate surface area is 186 Å². The number of carbonyl (C=O) groups is 3. The third kappa shape index (κ3) is 4.52. The third-order valence-corrected chi connectivity index (χ3v) is 6.14. The lowest BCUT2D eigenvalue weighted by Gasteiger charge is -2.22. The predicted octanol–water partition coefficient (Wildman–Crippen LogP) is 2.26. The van der Waals surface area contributed by atoms with Gasteiger partial charge >= 0.3 is 6.09 Å². The maximum atomic E-state index is 15.0. The van der Waals surface area contributed by atoms with E-state index in [2.05, 4.69) is 15.8 Å². The Balaban J connectivity index is 1.51. The summed E-state index contributed by atoms with van der Waals surface area (Å²) >= 11 is 1.09. The average molecular weight is 458 g/mol. The second-order valence-electron chi connectivity index (χ2n) is 7.20. The Bertz CT molecular complexity index is 1110. The molecule has 0 bridgehead atoms. The van der Waals surface area contributed by atoms with Gasteiger partial charge in [-0.05, 0) is 35.9 Å². The molecule has 3 N–H and O–H groups in total. The van der Waals surface area contributed by atoms with Gasteiger partial charge in [0.05, 0.1) is 18.8 Å². The lowest BCUT2D eigenvalue weighted by atomic mass is 10.1. The van der Waals surface area contributed by atoms with Crippen molar-refractivity contribution in [3.63, 3.8) is 0 Å². The summed E-state index contributed by atoms with van der Waals surface area (Å²) in [6.45, 7) is 1.71. The number of phenolic OH excluding ortho intramolecular Hbond substituents is 1. The number of phenols is 1. The molecule has 0 aromatic heterocycles. The number of nitrogens with one attached hydrogen (secondary N) is 2. The molecule has 9 nitrogen and oxygen atoms in total. The molecule has 2 aliphatic rings. The first-order valence-corrected chi connectivity index (χ1v) is 10.6. The van der Waals surface area contributed by atoms with Crippen LogP contribution >= 0.6 is 11.8 Å². The van der Waals surface area contributed by atoms with E-state index in [1.54, 1.807) is 18.2 Å². The number of rotatable bonds is 5. The molecule has 3 amide bonds. The van der Waals surface area contributed by atoms with Crippen LogP contribution in [-0.2, 0) is 14.3 Å². The van der Waals surface area contributed by atoms with Gasteiger partial charge in [-0.2, -0.15) is 5.10 Å². The number of hydrogen-bond acceptors (Lipinski definition) is 7. The monoisotopic (exact) mass is 458 g/mol. The van der Waals surface area contributed by atoms with Crippen molar-refractivity contribution in [1.82, 2.24) is 10.7 Å². The van der Waals surface area contributed by atoms with Gasteiger partial charge in [0.2, 0.25) is 5.91 Å². The number of carbonyl (C=O) groups excluding carboxylic acids is 3. The molecule has 2 atom stereocenters. The van der Waals surface area contributed by atoms with Crippen LogP contribution in [0.25, 0.3) is 0 Å². The van der Waals surface area contributed by atoms with E-state index in [1.165, 1.54) is 36.1 Å². The minimum Gasteiger partial charge on any atom is -0.508 e. The molecule has 32 heavy (non-hydrogen) atoms. The second kappa shape index (κ2) is 8.87. The van der Waals surface area contributed by atoms with Gasteiger partial charge in [0.15, 0.2) is 0 Å². The van der Waals surface area contributed by atoms with Gasteiger partial charge in [-0.15, -0.1) is 0 Å². The molecule has 1 saturated heterocycles. The van der Waals surface area contributed by atoms with E-state index >= 15 is 0 Å². The first-order valence-electron chi connectivity index (χ1n) is 9.67. The standard InChI is InChI=1S/C21H19FN4O5S/c1-11(27)23-9-15-10-26(21(30)31-15)13-4-7-16(17(22)8-13)20-25-24-19(29)18(32-20)12-2-5-14(28)6-3-12/h2-8,15,18,28H,9-10H2,1H3,(H,23,27)(H,24,29). The summed E-state index contributed by atoms with van der Waals surface area (Å²) in [5, 5.41) is 15.6. The fourth-order valence-corrected chi connectivity index (χ4v) is 4.36. The number of ether oxygens (including phenoxy) is 1. The third-order valence-electron chi connectivity index (χ3n) is 4.88. The van der Waals surface area contributed by atoms with Gasteiger partial charge in [-0.1, -0.05) is 23.9 Å². The van der Waals surface area contributed by atoms with Crippen LogP contribution in [0.15, 0.2) is 47.6 Å². The fourth-order valence-electron chi connectivity index (χ4n) is 3.29. The van der Waals surface area contributed by atoms with Crippen molar-refractivity contribution < 1.29 is 28.6 Å². The highest BCUT2D eigenvalue weighted by molar-refractivity contribution is 8.15. The maximum Gasteiger partial charge on any atom is 0.414 e. The van der Waals surface area contributed by atoms with E-state index in [0.29, 0.717) is 11.3 Å². The number of cyclic esters (lactones) is 1. The second-order valence-corrected chi connectivity index (χ2v) is 8.29. The van der Waals surface area contributed by atoms with Crippen molar-refractivity contribution in [3.8, 4) is 5.75 Å². The Morgan fingerprint density at radius 2 is 2.06 bits per heavy atom. The Morgan fingerprint density at radius 1 is 1.31 bits per heavy atom. The van der Waals surface area contributed by atoms with Gasteiger partial charge in [0.1, 0.15) is 28.0 Å². The highest BCUT2D eigenvalue weighted by Crippen LogP contribution is 2.36. The average Bonchev–Trinajstić information content (AvgIpc) is 3.14. The summed E-state index contributed by atoms with van der Waals surface area (Å²) in [5.41, 5.74) is 3.52. The summed E-state index contributed by atoms with van der Waals surface area (Å²) in [5.74, 6) is -1.14. The van der Waals surface area contributed by atoms with Crippen LogP contribution < -0.4 is 15.6 Å². The van der Waals surface area contributed by atoms with Gasteiger partial charge in [0, 0.05) is 12.5 Å². The zero-order valence-electron chi connectivity index (χ0n) is 16.9. The Hall–Kier alpha value is -3.60. The molecule has 2 heterocycles. The van der Waals surface area contributed by atoms with Crippen LogP contribution in [0.2, 0.25) is 0 Å². The molecule has 2 unspecified atom stereocenters. The number of nitrogens with zero attached hydrogens (tertiary/aromatic N) is 2. The summed E-state index contributed by atoms with van der Waals surface area (Å²) in [4.78, 5) is 36.8. The van der Waals surface area contributed by atoms with Gasteiger partial charge in [-0.25, -0.2) is 14.6 Å². The predicted molar refractivity (Wildman–Crippen MR) is 116 cm³/mol. The topological polar surface area (TPSA) is 120 Å². The number of thioether (sulfide) groups is 1. The number of hydrazone groups is 1. The van der Waals surface area contributed by atoms with Crippen LogP contribution in [-0.4, -0.2) is 47.3 Å². The molecule has 2 aromatic carbocycles. The number of amides is 3. The van der Waals surface area contributed by atoms with Crippen molar-refractivity contribution in [2.24, 2.45) is 5.10 Å². The smallest absolute Gasteiger partial charge is 0.414 e. The van der Waals surface area contributed by atoms with E-state index in [9.17, 15) is 23.9 Å². The minimum atomic E-state index is -0.662. The summed E-state index contributed by atoms with van der Waals surface area (Å²) in [6, 6.07) is 10.4. The van der Waals surface area contributed by atoms with Crippen molar-refractivity contribution in [2.45, 2.75) is 18.3 Å². The lowest BCUT2D eigenvalue weighted by molar-refractivity contribution is -0.121. The van der Waals surface area contributed by atoms with Crippen LogP contribution in [0.4, 0.5) is 14.9 Å². The number of hydrogen-bond donors (Lipinski definition) is 3. The van der Waals surface area contributed by atoms with E-state index in [0.717, 1.165) is 11.8 Å². The molecule has 1 fully saturated rings. The van der Waals surface area contributed by atoms with E-state index in [-0.39, 0.29) is 41.3 Å². The Kier molecular flexibility index (Phi) is 5.99. The van der Waals surface area contributed by atoms with Crippen LogP contribution in [0.3, 0.4) is 0 Å². The molecule has 4 rings (SSSR count). The van der Waals surface area contributed by atoms with Gasteiger partial charge in [0.25, 0.3) is 5.91 Å². The maximum absolute atomic E-state index is 15.0. The minimum absolute atomic E-state index is 0.0743. The van der Waals surface area contributed by atoms with Gasteiger partial charge in [-0.3, -0.25) is 14.5 Å². The molecule has 2 aliphatic heterocycles. The number of halogens is 1. The first-order chi connectivity index (χ1) is 15.3. The number of anilines is 1. The summed E-state index contributed by atoms with van der Waals surface area (Å²) < 4.78 is 20.2. The van der Waals surface area contributed by atoms with Crippen molar-refractivity contribution in [2.75, 3.05) is 18.0 Å². The number of benzene rings is 2. The largest absolute Gasteiger partial charge is 0.508 e. The molecule has 0 aliphatic carbocycles. The zero-order valence-corrected chi connectivity index (χ0v) is 17.7. The van der Waals surface area contributed by atoms with Crippen LogP contribution in [0.5, 0.6) is 5.75 Å². The molecule has 0 saturated carbocycles. The molecular formula is C21H19FN4O5S. The van der Waals surface area contributed by atoms with Crippen molar-refractivity contribution in [1.29, 1.82) is 0 Å². The van der Waals surface area contributed by atoms with Crippen LogP contribution in [0.1, 0.15) is 23.3 Å². The molecule has 166 valence electrons. The highest BCUT2D eigenvalue weighted by atomic mass is 32.2. The SMILES string of the molecule is CC(=O)NCC1CN(c2ccc(C3=NNC(=O)C(c4ccc(O)cc4)S3)c(F)c2)C(=O)O1. The lowest BCUT2D eigenvalue weighted by Crippen LogP contribution is -2.33. The van der Waals surface area contributed by atoms with E-state index < -0.39 is 23.3 Å². The first kappa shape index (κ1) is 21.6. The van der Waals surface area contributed by atoms with E-state index in [1.807, 2.05) is 0 Å². The fraction of sp³-hybridized carbons (Fsp3) is 0.238. The molecule has 0 radical (unpaired) electrons. The molecule has 0 spiro atoms. The molecule has 2 aromatic rings. The highest BCUT2D eigenvalue weighted by Gasteiger charge is 2.34. The van der Waals surface area contributed by atoms with E-state index in [4.69, 9.17) is 4.74 Å². The quantitative estimate of drug-likeness (QED) is 0.632. The summed E-state index contributed by atoms with van der Waals surface area (Å²) in [6.07, 6.45) is -1.16. The molecular weight excluding hydrogens is 439 g/mol. The van der Waals surface area contributed by atoms with Crippen molar-refractivity contribution in [3.05, 3.63) is 59.4 Å². The van der Waals surface area contributed by atoms with Crippen molar-refractivity contribution >= 4 is 40.4 Å². The van der Waals surface area contributed by atoms with Gasteiger partial charge < -0.3 is 15.2 Å².